The van der Waals surface area contributed by atoms with E-state index in [9.17, 15) is 8.42 Å². The molecule has 1 fully saturated rings. The quantitative estimate of drug-likeness (QED) is 0.880. The van der Waals surface area contributed by atoms with Crippen molar-refractivity contribution in [2.24, 2.45) is 0 Å². The van der Waals surface area contributed by atoms with E-state index >= 15 is 0 Å². The molecule has 2 rings (SSSR count). The van der Waals surface area contributed by atoms with Gasteiger partial charge in [-0.05, 0) is 24.6 Å². The van der Waals surface area contributed by atoms with Gasteiger partial charge in [0.1, 0.15) is 0 Å². The molecule has 112 valence electrons. The molecule has 0 amide bonds. The van der Waals surface area contributed by atoms with Crippen LogP contribution in [0.2, 0.25) is 10.0 Å². The summed E-state index contributed by atoms with van der Waals surface area (Å²) in [7, 11) is -3.51. The van der Waals surface area contributed by atoms with Crippen LogP contribution >= 0.6 is 23.2 Å². The zero-order valence-electron chi connectivity index (χ0n) is 11.1. The monoisotopic (exact) mass is 337 g/mol. The van der Waals surface area contributed by atoms with Crippen molar-refractivity contribution in [3.63, 3.8) is 0 Å². The summed E-state index contributed by atoms with van der Waals surface area (Å²) in [6, 6.07) is 4.61. The highest BCUT2D eigenvalue weighted by atomic mass is 35.5. The van der Waals surface area contributed by atoms with Gasteiger partial charge in [0.25, 0.3) is 10.2 Å². The Balaban J connectivity index is 2.11. The van der Waals surface area contributed by atoms with Crippen LogP contribution in [-0.2, 0) is 10.2 Å². The van der Waals surface area contributed by atoms with E-state index < -0.39 is 16.3 Å². The van der Waals surface area contributed by atoms with Gasteiger partial charge in [0, 0.05) is 42.3 Å². The third-order valence-electron chi connectivity index (χ3n) is 3.17. The molecule has 5 nitrogen and oxygen atoms in total. The van der Waals surface area contributed by atoms with Crippen molar-refractivity contribution in [2.75, 3.05) is 26.2 Å². The summed E-state index contributed by atoms with van der Waals surface area (Å²) in [5, 5.41) is 4.09. The first-order valence-corrected chi connectivity index (χ1v) is 8.53. The molecule has 1 unspecified atom stereocenters. The largest absolute Gasteiger partial charge is 0.314 e. The van der Waals surface area contributed by atoms with Crippen molar-refractivity contribution in [1.82, 2.24) is 14.3 Å². The second-order valence-corrected chi connectivity index (χ2v) is 7.21. The van der Waals surface area contributed by atoms with Crippen molar-refractivity contribution in [1.29, 1.82) is 0 Å². The molecule has 1 aliphatic heterocycles. The Kier molecular flexibility index (Phi) is 5.28. The highest BCUT2D eigenvalue weighted by Crippen LogP contribution is 2.26. The van der Waals surface area contributed by atoms with E-state index in [1.54, 1.807) is 25.1 Å². The number of rotatable bonds is 4. The van der Waals surface area contributed by atoms with E-state index in [4.69, 9.17) is 23.2 Å². The van der Waals surface area contributed by atoms with Gasteiger partial charge in [-0.2, -0.15) is 17.4 Å². The summed E-state index contributed by atoms with van der Waals surface area (Å²) in [6.45, 7) is 4.02. The van der Waals surface area contributed by atoms with Gasteiger partial charge in [0.15, 0.2) is 0 Å². The predicted molar refractivity (Wildman–Crippen MR) is 81.4 cm³/mol. The van der Waals surface area contributed by atoms with Gasteiger partial charge >= 0.3 is 0 Å². The van der Waals surface area contributed by atoms with Gasteiger partial charge in [-0.1, -0.05) is 29.3 Å². The van der Waals surface area contributed by atoms with Crippen LogP contribution < -0.4 is 10.0 Å². The maximum Gasteiger partial charge on any atom is 0.280 e. The summed E-state index contributed by atoms with van der Waals surface area (Å²) in [5.41, 5.74) is 0.703. The zero-order valence-corrected chi connectivity index (χ0v) is 13.4. The molecule has 0 aromatic heterocycles. The molecular formula is C12H17Cl2N3O2S. The Labute approximate surface area is 129 Å². The summed E-state index contributed by atoms with van der Waals surface area (Å²) < 4.78 is 28.6. The molecule has 1 aromatic rings. The normalized spacial score (nSPS) is 18.9. The topological polar surface area (TPSA) is 61.4 Å². The lowest BCUT2D eigenvalue weighted by Crippen LogP contribution is -2.50. The molecule has 0 aliphatic carbocycles. The van der Waals surface area contributed by atoms with Gasteiger partial charge in [0.2, 0.25) is 0 Å². The fraction of sp³-hybridized carbons (Fsp3) is 0.500. The molecule has 2 N–H and O–H groups in total. The highest BCUT2D eigenvalue weighted by Gasteiger charge is 2.26. The van der Waals surface area contributed by atoms with E-state index in [0.717, 1.165) is 0 Å². The number of nitrogens with one attached hydrogen (secondary N) is 2. The van der Waals surface area contributed by atoms with E-state index in [1.807, 2.05) is 0 Å². The minimum atomic E-state index is -3.51. The lowest BCUT2D eigenvalue weighted by atomic mass is 10.1. The summed E-state index contributed by atoms with van der Waals surface area (Å²) >= 11 is 11.9. The smallest absolute Gasteiger partial charge is 0.280 e. The number of nitrogens with zero attached hydrogens (tertiary/aromatic N) is 1. The van der Waals surface area contributed by atoms with Gasteiger partial charge in [-0.3, -0.25) is 0 Å². The fourth-order valence-electron chi connectivity index (χ4n) is 2.10. The minimum Gasteiger partial charge on any atom is -0.314 e. The van der Waals surface area contributed by atoms with Crippen LogP contribution in [0.4, 0.5) is 0 Å². The Bertz CT molecular complexity index is 574. The van der Waals surface area contributed by atoms with Crippen LogP contribution in [-0.4, -0.2) is 38.9 Å². The van der Waals surface area contributed by atoms with E-state index in [1.165, 1.54) is 4.31 Å². The molecule has 0 radical (unpaired) electrons. The van der Waals surface area contributed by atoms with Gasteiger partial charge in [0.05, 0.1) is 0 Å². The predicted octanol–water partition coefficient (Wildman–Crippen LogP) is 1.79. The highest BCUT2D eigenvalue weighted by molar-refractivity contribution is 7.87. The number of hydrogen-bond acceptors (Lipinski definition) is 3. The number of benzene rings is 1. The lowest BCUT2D eigenvalue weighted by molar-refractivity contribution is 0.352. The summed E-state index contributed by atoms with van der Waals surface area (Å²) in [6.07, 6.45) is 0. The van der Waals surface area contributed by atoms with E-state index in [-0.39, 0.29) is 0 Å². The Morgan fingerprint density at radius 1 is 1.30 bits per heavy atom. The third kappa shape index (κ3) is 3.84. The molecule has 0 spiro atoms. The standard InChI is InChI=1S/C12H17Cl2N3O2S/c1-9(11-3-2-10(13)8-12(11)14)16-20(18,19)17-6-4-15-5-7-17/h2-3,8-9,15-16H,4-7H2,1H3. The molecule has 1 atom stereocenters. The van der Waals surface area contributed by atoms with Crippen molar-refractivity contribution in [3.8, 4) is 0 Å². The molecule has 0 saturated carbocycles. The van der Waals surface area contributed by atoms with Crippen LogP contribution in [0.3, 0.4) is 0 Å². The van der Waals surface area contributed by atoms with Crippen molar-refractivity contribution in [3.05, 3.63) is 33.8 Å². The van der Waals surface area contributed by atoms with Crippen LogP contribution in [0.1, 0.15) is 18.5 Å². The molecule has 1 aliphatic rings. The average Bonchev–Trinajstić information content (AvgIpc) is 2.39. The van der Waals surface area contributed by atoms with Crippen molar-refractivity contribution in [2.45, 2.75) is 13.0 Å². The number of hydrogen-bond donors (Lipinski definition) is 2. The lowest BCUT2D eigenvalue weighted by Gasteiger charge is -2.28. The van der Waals surface area contributed by atoms with Crippen LogP contribution in [0, 0.1) is 0 Å². The first-order valence-electron chi connectivity index (χ1n) is 6.33. The van der Waals surface area contributed by atoms with E-state index in [0.29, 0.717) is 41.8 Å². The first-order chi connectivity index (χ1) is 9.40. The fourth-order valence-corrected chi connectivity index (χ4v) is 4.06. The van der Waals surface area contributed by atoms with Crippen molar-refractivity contribution < 1.29 is 8.42 Å². The average molecular weight is 338 g/mol. The maximum absolute atomic E-state index is 12.3. The van der Waals surface area contributed by atoms with Gasteiger partial charge < -0.3 is 5.32 Å². The minimum absolute atomic E-state index is 0.417. The Morgan fingerprint density at radius 2 is 1.95 bits per heavy atom. The molecular weight excluding hydrogens is 321 g/mol. The second kappa shape index (κ2) is 6.60. The van der Waals surface area contributed by atoms with Crippen LogP contribution in [0.5, 0.6) is 0 Å². The number of halogens is 2. The molecule has 20 heavy (non-hydrogen) atoms. The van der Waals surface area contributed by atoms with Crippen LogP contribution in [0.15, 0.2) is 18.2 Å². The third-order valence-corrected chi connectivity index (χ3v) is 5.43. The number of piperazine rings is 1. The molecule has 1 heterocycles. The first kappa shape index (κ1) is 16.0. The Hall–Kier alpha value is -0.370. The zero-order chi connectivity index (χ0) is 14.8. The SMILES string of the molecule is CC(NS(=O)(=O)N1CCNCC1)c1ccc(Cl)cc1Cl. The molecule has 0 bridgehead atoms. The van der Waals surface area contributed by atoms with Gasteiger partial charge in [-0.25, -0.2) is 0 Å². The maximum atomic E-state index is 12.3. The summed E-state index contributed by atoms with van der Waals surface area (Å²) in [4.78, 5) is 0. The Morgan fingerprint density at radius 3 is 2.55 bits per heavy atom. The molecule has 1 aromatic carbocycles. The van der Waals surface area contributed by atoms with Gasteiger partial charge in [-0.15, -0.1) is 0 Å². The molecule has 1 saturated heterocycles. The van der Waals surface area contributed by atoms with Crippen molar-refractivity contribution >= 4 is 33.4 Å². The van der Waals surface area contributed by atoms with E-state index in [2.05, 4.69) is 10.0 Å². The molecule has 8 heteroatoms. The van der Waals surface area contributed by atoms with Crippen LogP contribution in [0.25, 0.3) is 0 Å². The second-order valence-electron chi connectivity index (χ2n) is 4.66. The summed E-state index contributed by atoms with van der Waals surface area (Å²) in [5.74, 6) is 0.